The highest BCUT2D eigenvalue weighted by Gasteiger charge is 2.13. The number of anilines is 3. The van der Waals surface area contributed by atoms with Crippen molar-refractivity contribution in [3.05, 3.63) is 34.9 Å². The fourth-order valence-corrected chi connectivity index (χ4v) is 3.37. The largest absolute Gasteiger partial charge is 0.395 e. The highest BCUT2D eigenvalue weighted by molar-refractivity contribution is 9.10. The van der Waals surface area contributed by atoms with Crippen LogP contribution in [0.4, 0.5) is 17.5 Å². The van der Waals surface area contributed by atoms with Crippen molar-refractivity contribution in [1.82, 2.24) is 9.97 Å². The molecule has 0 saturated carbocycles. The average Bonchev–Trinajstić information content (AvgIpc) is 2.58. The highest BCUT2D eigenvalue weighted by Crippen LogP contribution is 2.23. The molecule has 1 unspecified atom stereocenters. The smallest absolute Gasteiger partial charge is 0.229 e. The summed E-state index contributed by atoms with van der Waals surface area (Å²) < 4.78 is 20.6. The number of halogens is 1. The zero-order valence-electron chi connectivity index (χ0n) is 14.4. The van der Waals surface area contributed by atoms with Crippen LogP contribution in [-0.4, -0.2) is 48.9 Å². The lowest BCUT2D eigenvalue weighted by atomic mass is 10.2. The van der Waals surface area contributed by atoms with Crippen LogP contribution in [0.2, 0.25) is 0 Å². The third kappa shape index (κ3) is 5.37. The first-order chi connectivity index (χ1) is 12.2. The van der Waals surface area contributed by atoms with Crippen molar-refractivity contribution in [1.29, 1.82) is 4.78 Å². The molecule has 3 atom stereocenters. The molecule has 8 nitrogen and oxygen atoms in total. The lowest BCUT2D eigenvalue weighted by Gasteiger charge is -2.18. The Morgan fingerprint density at radius 1 is 1.31 bits per heavy atom. The second kappa shape index (κ2) is 8.76. The summed E-state index contributed by atoms with van der Waals surface area (Å²) in [5.41, 5.74) is 0.671. The third-order valence-electron chi connectivity index (χ3n) is 3.70. The number of aliphatic hydroxyl groups is 2. The molecule has 0 aliphatic carbocycles. The number of rotatable bonds is 8. The van der Waals surface area contributed by atoms with E-state index in [1.807, 2.05) is 6.92 Å². The van der Waals surface area contributed by atoms with E-state index >= 15 is 0 Å². The molecule has 2 aromatic rings. The Balaban J connectivity index is 2.16. The minimum absolute atomic E-state index is 0.0912. The third-order valence-corrected chi connectivity index (χ3v) is 6.07. The van der Waals surface area contributed by atoms with Crippen LogP contribution in [0.15, 0.2) is 39.8 Å². The van der Waals surface area contributed by atoms with Crippen LogP contribution in [0.3, 0.4) is 0 Å². The van der Waals surface area contributed by atoms with Gasteiger partial charge in [-0.1, -0.05) is 0 Å². The van der Waals surface area contributed by atoms with E-state index in [1.165, 1.54) is 0 Å². The molecule has 1 aromatic carbocycles. The molecule has 0 aliphatic heterocycles. The summed E-state index contributed by atoms with van der Waals surface area (Å²) in [5.74, 6) is 0.805. The van der Waals surface area contributed by atoms with Gasteiger partial charge in [0, 0.05) is 16.8 Å². The van der Waals surface area contributed by atoms with Crippen molar-refractivity contribution >= 4 is 43.1 Å². The van der Waals surface area contributed by atoms with Crippen molar-refractivity contribution in [2.75, 3.05) is 23.0 Å². The molecule has 0 aliphatic rings. The predicted octanol–water partition coefficient (Wildman–Crippen LogP) is 2.56. The lowest BCUT2D eigenvalue weighted by Crippen LogP contribution is -2.28. The normalized spacial score (nSPS) is 15.7. The van der Waals surface area contributed by atoms with Crippen LogP contribution in [0.1, 0.15) is 13.8 Å². The van der Waals surface area contributed by atoms with Gasteiger partial charge in [0.25, 0.3) is 0 Å². The van der Waals surface area contributed by atoms with Gasteiger partial charge in [-0.05, 0) is 54.0 Å². The topological polar surface area (TPSA) is 131 Å². The van der Waals surface area contributed by atoms with Crippen molar-refractivity contribution in [2.24, 2.45) is 0 Å². The van der Waals surface area contributed by atoms with Gasteiger partial charge < -0.3 is 20.8 Å². The molecule has 142 valence electrons. The highest BCUT2D eigenvalue weighted by atomic mass is 79.9. The summed E-state index contributed by atoms with van der Waals surface area (Å²) in [5, 5.41) is 24.7. The van der Waals surface area contributed by atoms with Gasteiger partial charge in [0.05, 0.1) is 38.7 Å². The molecule has 10 heteroatoms. The number of nitrogens with zero attached hydrogens (tertiary/aromatic N) is 2. The van der Waals surface area contributed by atoms with Gasteiger partial charge in [0.15, 0.2) is 0 Å². The second-order valence-corrected chi connectivity index (χ2v) is 8.90. The van der Waals surface area contributed by atoms with E-state index in [9.17, 15) is 9.32 Å². The maximum Gasteiger partial charge on any atom is 0.229 e. The molecular weight excluding hydrogens is 422 g/mol. The second-order valence-electron chi connectivity index (χ2n) is 5.82. The molecule has 0 fully saturated rings. The first-order valence-corrected chi connectivity index (χ1v) is 10.5. The fraction of sp³-hybridized carbons (Fsp3) is 0.375. The summed E-state index contributed by atoms with van der Waals surface area (Å²) in [6, 6.07) is 6.34. The maximum atomic E-state index is 12.1. The van der Waals surface area contributed by atoms with Gasteiger partial charge >= 0.3 is 0 Å². The maximum absolute atomic E-state index is 12.1. The minimum atomic E-state index is -2.98. The Labute approximate surface area is 161 Å². The SMILES string of the molecule is C[C@@H](O)[C@@H](C)Nc1nc(Nc2ccc(S(=N)(=O)CCO)cc2)ncc1Br. The Hall–Kier alpha value is -1.75. The van der Waals surface area contributed by atoms with Crippen molar-refractivity contribution in [2.45, 2.75) is 30.9 Å². The Morgan fingerprint density at radius 3 is 2.54 bits per heavy atom. The van der Waals surface area contributed by atoms with Gasteiger partial charge in [-0.3, -0.25) is 0 Å². The number of hydrogen-bond donors (Lipinski definition) is 5. The van der Waals surface area contributed by atoms with Crippen LogP contribution in [0.5, 0.6) is 0 Å². The molecule has 0 saturated heterocycles. The van der Waals surface area contributed by atoms with Gasteiger partial charge in [0.1, 0.15) is 5.82 Å². The monoisotopic (exact) mass is 443 g/mol. The van der Waals surface area contributed by atoms with Gasteiger partial charge in [-0.2, -0.15) is 4.98 Å². The first kappa shape index (κ1) is 20.6. The standard InChI is InChI=1S/C16H22BrN5O3S/c1-10(11(2)24)20-15-14(17)9-19-16(22-15)21-12-3-5-13(6-4-12)26(18,25)8-7-23/h3-6,9-11,18,23-24H,7-8H2,1-2H3,(H2,19,20,21,22)/t10-,11-,26?/m1/s1. The number of hydrogen-bond acceptors (Lipinski definition) is 8. The molecule has 0 amide bonds. The van der Waals surface area contributed by atoms with E-state index in [0.29, 0.717) is 26.8 Å². The number of nitrogens with one attached hydrogen (secondary N) is 3. The zero-order valence-corrected chi connectivity index (χ0v) is 16.8. The van der Waals surface area contributed by atoms with Crippen LogP contribution in [0.25, 0.3) is 0 Å². The molecular formula is C16H22BrN5O3S. The van der Waals surface area contributed by atoms with E-state index in [0.717, 1.165) is 0 Å². The molecule has 0 radical (unpaired) electrons. The summed E-state index contributed by atoms with van der Waals surface area (Å²) in [4.78, 5) is 8.92. The Kier molecular flexibility index (Phi) is 6.93. The summed E-state index contributed by atoms with van der Waals surface area (Å²) in [6.45, 7) is 3.24. The van der Waals surface area contributed by atoms with Crippen LogP contribution in [-0.2, 0) is 9.73 Å². The van der Waals surface area contributed by atoms with Crippen molar-refractivity contribution in [3.63, 3.8) is 0 Å². The summed E-state index contributed by atoms with van der Waals surface area (Å²) >= 11 is 3.37. The number of aliphatic hydroxyl groups excluding tert-OH is 2. The molecule has 0 bridgehead atoms. The van der Waals surface area contributed by atoms with Gasteiger partial charge in [-0.25, -0.2) is 14.0 Å². The van der Waals surface area contributed by atoms with Crippen molar-refractivity contribution in [3.8, 4) is 0 Å². The first-order valence-electron chi connectivity index (χ1n) is 7.94. The lowest BCUT2D eigenvalue weighted by molar-refractivity contribution is 0.177. The fourth-order valence-electron chi connectivity index (χ4n) is 2.00. The Bertz CT molecular complexity index is 843. The van der Waals surface area contributed by atoms with E-state index in [-0.39, 0.29) is 18.4 Å². The number of aromatic nitrogens is 2. The molecule has 2 rings (SSSR count). The zero-order chi connectivity index (χ0) is 19.3. The Morgan fingerprint density at radius 2 is 1.96 bits per heavy atom. The molecule has 1 aromatic heterocycles. The van der Waals surface area contributed by atoms with Crippen LogP contribution < -0.4 is 10.6 Å². The van der Waals surface area contributed by atoms with Gasteiger partial charge in [0.2, 0.25) is 5.95 Å². The predicted molar refractivity (Wildman–Crippen MR) is 105 cm³/mol. The average molecular weight is 444 g/mol. The van der Waals surface area contributed by atoms with Crippen LogP contribution in [0, 0.1) is 4.78 Å². The summed E-state index contributed by atoms with van der Waals surface area (Å²) in [6.07, 6.45) is 1.05. The van der Waals surface area contributed by atoms with E-state index in [1.54, 1.807) is 37.4 Å². The van der Waals surface area contributed by atoms with E-state index < -0.39 is 15.8 Å². The number of benzene rings is 1. The van der Waals surface area contributed by atoms with E-state index in [2.05, 4.69) is 36.5 Å². The molecule has 26 heavy (non-hydrogen) atoms. The molecule has 1 heterocycles. The van der Waals surface area contributed by atoms with E-state index in [4.69, 9.17) is 9.89 Å². The molecule has 0 spiro atoms. The minimum Gasteiger partial charge on any atom is -0.395 e. The van der Waals surface area contributed by atoms with Gasteiger partial charge in [-0.15, -0.1) is 0 Å². The molecule has 5 N–H and O–H groups in total. The van der Waals surface area contributed by atoms with Crippen molar-refractivity contribution < 1.29 is 14.4 Å². The quantitative estimate of drug-likeness (QED) is 0.423. The summed E-state index contributed by atoms with van der Waals surface area (Å²) in [7, 11) is -2.98. The van der Waals surface area contributed by atoms with Crippen LogP contribution >= 0.6 is 15.9 Å².